The third kappa shape index (κ3) is 3.42. The zero-order chi connectivity index (χ0) is 17.9. The van der Waals surface area contributed by atoms with Gasteiger partial charge in [0, 0.05) is 7.11 Å². The highest BCUT2D eigenvalue weighted by Crippen LogP contribution is 2.37. The molecule has 2 aromatic rings. The van der Waals surface area contributed by atoms with Crippen LogP contribution < -0.4 is 5.32 Å². The maximum absolute atomic E-state index is 12.3. The van der Waals surface area contributed by atoms with Crippen molar-refractivity contribution in [3.63, 3.8) is 0 Å². The lowest BCUT2D eigenvalue weighted by Crippen LogP contribution is -2.50. The van der Waals surface area contributed by atoms with Crippen molar-refractivity contribution in [2.45, 2.75) is 51.5 Å². The second-order valence-electron chi connectivity index (χ2n) is 6.76. The first-order valence-electron chi connectivity index (χ1n) is 8.73. The lowest BCUT2D eigenvalue weighted by Gasteiger charge is -2.36. The van der Waals surface area contributed by atoms with E-state index in [1.165, 1.54) is 12.7 Å². The number of nitrogens with zero attached hydrogens (tertiary/aromatic N) is 4. The van der Waals surface area contributed by atoms with Crippen molar-refractivity contribution in [2.75, 3.05) is 13.7 Å². The maximum Gasteiger partial charge on any atom is 0.246 e. The van der Waals surface area contributed by atoms with Gasteiger partial charge in [-0.2, -0.15) is 4.68 Å². The summed E-state index contributed by atoms with van der Waals surface area (Å²) < 4.78 is 6.77. The maximum atomic E-state index is 12.3. The summed E-state index contributed by atoms with van der Waals surface area (Å²) in [6.07, 6.45) is 4.88. The summed E-state index contributed by atoms with van der Waals surface area (Å²) >= 11 is 0. The van der Waals surface area contributed by atoms with Crippen LogP contribution in [0.4, 0.5) is 0 Å². The summed E-state index contributed by atoms with van der Waals surface area (Å²) in [4.78, 5) is 12.3. The van der Waals surface area contributed by atoms with Crippen LogP contribution in [0.5, 0.6) is 0 Å². The van der Waals surface area contributed by atoms with Gasteiger partial charge in [0.15, 0.2) is 5.82 Å². The highest BCUT2D eigenvalue weighted by atomic mass is 16.5. The standard InChI is InChI=1S/C18H25N5O2/c1-13-8-7-9-15(14(13)2)23-17(20-21-22-23)18(10-5-4-6-11-18)19-16(24)12-25-3/h7-9H,4-6,10-12H2,1-3H3,(H,19,24). The van der Waals surface area contributed by atoms with Gasteiger partial charge in [-0.3, -0.25) is 4.79 Å². The number of methoxy groups -OCH3 is 1. The molecule has 0 saturated heterocycles. The zero-order valence-corrected chi connectivity index (χ0v) is 15.1. The van der Waals surface area contributed by atoms with Crippen LogP contribution in [-0.2, 0) is 15.1 Å². The summed E-state index contributed by atoms with van der Waals surface area (Å²) in [5, 5.41) is 15.6. The molecule has 1 heterocycles. The van der Waals surface area contributed by atoms with Gasteiger partial charge in [0.25, 0.3) is 0 Å². The van der Waals surface area contributed by atoms with Crippen molar-refractivity contribution in [2.24, 2.45) is 0 Å². The van der Waals surface area contributed by atoms with Crippen molar-refractivity contribution in [3.8, 4) is 5.69 Å². The molecule has 1 aromatic heterocycles. The van der Waals surface area contributed by atoms with Crippen LogP contribution in [-0.4, -0.2) is 39.8 Å². The Balaban J connectivity index is 2.05. The fourth-order valence-electron chi connectivity index (χ4n) is 3.61. The minimum atomic E-state index is -0.548. The summed E-state index contributed by atoms with van der Waals surface area (Å²) in [5.74, 6) is 0.560. The number of carbonyl (C=O) groups excluding carboxylic acids is 1. The Kier molecular flexibility index (Phi) is 5.13. The molecule has 7 heteroatoms. The van der Waals surface area contributed by atoms with Gasteiger partial charge < -0.3 is 10.1 Å². The molecule has 1 aromatic carbocycles. The van der Waals surface area contributed by atoms with E-state index in [2.05, 4.69) is 40.8 Å². The Morgan fingerprint density at radius 3 is 2.76 bits per heavy atom. The van der Waals surface area contributed by atoms with Gasteiger partial charge in [-0.25, -0.2) is 0 Å². The summed E-state index contributed by atoms with van der Waals surface area (Å²) in [6, 6.07) is 6.08. The molecule has 1 N–H and O–H groups in total. The summed E-state index contributed by atoms with van der Waals surface area (Å²) in [5.41, 5.74) is 2.71. The number of hydrogen-bond acceptors (Lipinski definition) is 5. The van der Waals surface area contributed by atoms with E-state index < -0.39 is 5.54 Å². The Morgan fingerprint density at radius 2 is 2.04 bits per heavy atom. The van der Waals surface area contributed by atoms with Crippen LogP contribution in [0.3, 0.4) is 0 Å². The minimum Gasteiger partial charge on any atom is -0.375 e. The van der Waals surface area contributed by atoms with Crippen molar-refractivity contribution >= 4 is 5.91 Å². The Morgan fingerprint density at radius 1 is 1.28 bits per heavy atom. The van der Waals surface area contributed by atoms with Crippen LogP contribution >= 0.6 is 0 Å². The molecule has 0 atom stereocenters. The molecule has 1 fully saturated rings. The minimum absolute atomic E-state index is 0.0345. The lowest BCUT2D eigenvalue weighted by molar-refractivity contribution is -0.127. The molecular weight excluding hydrogens is 318 g/mol. The van der Waals surface area contributed by atoms with E-state index >= 15 is 0 Å². The van der Waals surface area contributed by atoms with E-state index in [-0.39, 0.29) is 12.5 Å². The largest absolute Gasteiger partial charge is 0.375 e. The van der Waals surface area contributed by atoms with Crippen LogP contribution in [0.1, 0.15) is 49.1 Å². The topological polar surface area (TPSA) is 81.9 Å². The average Bonchev–Trinajstić information content (AvgIpc) is 3.08. The summed E-state index contributed by atoms with van der Waals surface area (Å²) in [7, 11) is 1.52. The SMILES string of the molecule is COCC(=O)NC1(c2nnnn2-c2cccc(C)c2C)CCCCC1. The van der Waals surface area contributed by atoms with Crippen LogP contribution in [0.25, 0.3) is 5.69 Å². The number of aryl methyl sites for hydroxylation is 1. The molecule has 7 nitrogen and oxygen atoms in total. The van der Waals surface area contributed by atoms with Gasteiger partial charge in [-0.1, -0.05) is 31.4 Å². The molecule has 3 rings (SSSR count). The molecule has 1 saturated carbocycles. The van der Waals surface area contributed by atoms with Crippen molar-refractivity contribution < 1.29 is 9.53 Å². The first-order valence-corrected chi connectivity index (χ1v) is 8.73. The second kappa shape index (κ2) is 7.31. The molecule has 134 valence electrons. The van der Waals surface area contributed by atoms with E-state index in [4.69, 9.17) is 4.74 Å². The number of aromatic nitrogens is 4. The van der Waals surface area contributed by atoms with Gasteiger partial charge in [0.1, 0.15) is 12.1 Å². The second-order valence-corrected chi connectivity index (χ2v) is 6.76. The molecule has 0 aliphatic heterocycles. The number of rotatable bonds is 5. The molecule has 0 bridgehead atoms. The molecule has 0 radical (unpaired) electrons. The molecule has 1 aliphatic carbocycles. The molecule has 0 unspecified atom stereocenters. The Hall–Kier alpha value is -2.28. The number of amides is 1. The molecular formula is C18H25N5O2. The van der Waals surface area contributed by atoms with Crippen molar-refractivity contribution in [3.05, 3.63) is 35.2 Å². The van der Waals surface area contributed by atoms with E-state index in [1.54, 1.807) is 4.68 Å². The fraction of sp³-hybridized carbons (Fsp3) is 0.556. The smallest absolute Gasteiger partial charge is 0.246 e. The number of benzene rings is 1. The fourth-order valence-corrected chi connectivity index (χ4v) is 3.61. The number of carbonyl (C=O) groups is 1. The number of ether oxygens (including phenoxy) is 1. The van der Waals surface area contributed by atoms with E-state index in [9.17, 15) is 4.79 Å². The third-order valence-corrected chi connectivity index (χ3v) is 5.06. The average molecular weight is 343 g/mol. The zero-order valence-electron chi connectivity index (χ0n) is 15.1. The van der Waals surface area contributed by atoms with E-state index in [1.807, 2.05) is 12.1 Å². The number of hydrogen-bond donors (Lipinski definition) is 1. The predicted molar refractivity (Wildman–Crippen MR) is 93.4 cm³/mol. The highest BCUT2D eigenvalue weighted by Gasteiger charge is 2.40. The quantitative estimate of drug-likeness (QED) is 0.900. The number of nitrogens with one attached hydrogen (secondary N) is 1. The van der Waals surface area contributed by atoms with Gasteiger partial charge in [-0.05, 0) is 54.3 Å². The van der Waals surface area contributed by atoms with E-state index in [0.717, 1.165) is 43.4 Å². The molecule has 25 heavy (non-hydrogen) atoms. The van der Waals surface area contributed by atoms with Crippen molar-refractivity contribution in [1.29, 1.82) is 0 Å². The van der Waals surface area contributed by atoms with Crippen LogP contribution in [0.2, 0.25) is 0 Å². The Labute approximate surface area is 147 Å². The van der Waals surface area contributed by atoms with E-state index in [0.29, 0.717) is 5.82 Å². The van der Waals surface area contributed by atoms with Gasteiger partial charge in [-0.15, -0.1) is 5.10 Å². The highest BCUT2D eigenvalue weighted by molar-refractivity contribution is 5.78. The monoisotopic (exact) mass is 343 g/mol. The first-order chi connectivity index (χ1) is 12.1. The van der Waals surface area contributed by atoms with Crippen LogP contribution in [0.15, 0.2) is 18.2 Å². The molecule has 1 amide bonds. The molecule has 0 spiro atoms. The van der Waals surface area contributed by atoms with Gasteiger partial charge in [0.2, 0.25) is 5.91 Å². The number of tetrazole rings is 1. The normalized spacial score (nSPS) is 16.6. The van der Waals surface area contributed by atoms with Crippen LogP contribution in [0, 0.1) is 13.8 Å². The van der Waals surface area contributed by atoms with Crippen molar-refractivity contribution in [1.82, 2.24) is 25.5 Å². The summed E-state index contributed by atoms with van der Waals surface area (Å²) in [6.45, 7) is 4.17. The third-order valence-electron chi connectivity index (χ3n) is 5.06. The van der Waals surface area contributed by atoms with Gasteiger partial charge in [0.05, 0.1) is 5.69 Å². The first kappa shape index (κ1) is 17.5. The van der Waals surface area contributed by atoms with Gasteiger partial charge >= 0.3 is 0 Å². The lowest BCUT2D eigenvalue weighted by atomic mass is 9.80. The predicted octanol–water partition coefficient (Wildman–Crippen LogP) is 2.20. The molecule has 1 aliphatic rings. The Bertz CT molecular complexity index is 750.